The summed E-state index contributed by atoms with van der Waals surface area (Å²) in [6, 6.07) is 5.32. The van der Waals surface area contributed by atoms with Crippen molar-refractivity contribution in [2.75, 3.05) is 0 Å². The normalized spacial score (nSPS) is 13.9. The summed E-state index contributed by atoms with van der Waals surface area (Å²) >= 11 is 1.45. The van der Waals surface area contributed by atoms with Crippen LogP contribution < -0.4 is 0 Å². The number of Topliss-reactive ketones (excluding diaryl/α,β-unsaturated/α-hetero) is 1. The summed E-state index contributed by atoms with van der Waals surface area (Å²) in [5.41, 5.74) is 1.23. The van der Waals surface area contributed by atoms with Crippen molar-refractivity contribution in [2.45, 2.75) is 25.7 Å². The van der Waals surface area contributed by atoms with Gasteiger partial charge in [-0.1, -0.05) is 0 Å². The van der Waals surface area contributed by atoms with Crippen LogP contribution in [0.2, 0.25) is 0 Å². The molecule has 0 aliphatic heterocycles. The van der Waals surface area contributed by atoms with Gasteiger partial charge in [0.05, 0.1) is 17.0 Å². The van der Waals surface area contributed by atoms with Crippen molar-refractivity contribution in [3.05, 3.63) is 21.4 Å². The molecule has 1 heterocycles. The quantitative estimate of drug-likeness (QED) is 0.733. The highest BCUT2D eigenvalue weighted by Crippen LogP contribution is 2.30. The smallest absolute Gasteiger partial charge is 0.204 e. The number of hydrogen-bond donors (Lipinski definition) is 0. The topological polar surface area (TPSA) is 64.7 Å². The molecule has 1 aromatic rings. The summed E-state index contributed by atoms with van der Waals surface area (Å²) in [6.07, 6.45) is 4.37. The van der Waals surface area contributed by atoms with Gasteiger partial charge in [0.1, 0.15) is 0 Å². The van der Waals surface area contributed by atoms with Crippen LogP contribution in [0.25, 0.3) is 0 Å². The van der Waals surface area contributed by atoms with E-state index in [1.807, 2.05) is 6.07 Å². The van der Waals surface area contributed by atoms with Crippen LogP contribution in [0.1, 0.15) is 33.0 Å². The van der Waals surface area contributed by atoms with E-state index in [9.17, 15) is 4.79 Å². The van der Waals surface area contributed by atoms with Gasteiger partial charge in [0.2, 0.25) is 5.78 Å². The number of hydrogen-bond acceptors (Lipinski definition) is 4. The molecule has 0 saturated heterocycles. The van der Waals surface area contributed by atoms with Gasteiger partial charge >= 0.3 is 0 Å². The van der Waals surface area contributed by atoms with Crippen molar-refractivity contribution < 1.29 is 4.79 Å². The van der Waals surface area contributed by atoms with Crippen LogP contribution in [0.3, 0.4) is 0 Å². The standard InChI is InChI=1S/C12H10N2OS/c13-6-9(7-14)12(15)11-5-8-3-1-2-4-10(8)16-11/h5,9H,1-4H2. The van der Waals surface area contributed by atoms with E-state index in [0.29, 0.717) is 4.88 Å². The summed E-state index contributed by atoms with van der Waals surface area (Å²) in [6.45, 7) is 0. The maximum atomic E-state index is 11.8. The first kappa shape index (κ1) is 10.9. The lowest BCUT2D eigenvalue weighted by Crippen LogP contribution is -2.08. The number of nitrogens with zero attached hydrogens (tertiary/aromatic N) is 2. The molecule has 0 amide bonds. The Hall–Kier alpha value is -1.65. The lowest BCUT2D eigenvalue weighted by atomic mass is 9.98. The number of ketones is 1. The Morgan fingerprint density at radius 2 is 2.00 bits per heavy atom. The van der Waals surface area contributed by atoms with Crippen LogP contribution in [0.15, 0.2) is 6.07 Å². The molecule has 2 rings (SSSR count). The first-order chi connectivity index (χ1) is 7.76. The van der Waals surface area contributed by atoms with Crippen LogP contribution in [-0.2, 0) is 12.8 Å². The van der Waals surface area contributed by atoms with E-state index in [2.05, 4.69) is 0 Å². The molecule has 0 saturated carbocycles. The Balaban J connectivity index is 2.29. The Kier molecular flexibility index (Phi) is 3.03. The molecule has 1 aliphatic rings. The van der Waals surface area contributed by atoms with Crippen LogP contribution >= 0.6 is 11.3 Å². The number of nitriles is 2. The predicted molar refractivity (Wildman–Crippen MR) is 60.0 cm³/mol. The fourth-order valence-corrected chi connectivity index (χ4v) is 3.12. The zero-order valence-electron chi connectivity index (χ0n) is 8.69. The molecule has 0 atom stereocenters. The van der Waals surface area contributed by atoms with E-state index in [1.165, 1.54) is 28.2 Å². The van der Waals surface area contributed by atoms with Crippen molar-refractivity contribution >= 4 is 17.1 Å². The minimum atomic E-state index is -1.15. The zero-order valence-corrected chi connectivity index (χ0v) is 9.51. The highest BCUT2D eigenvalue weighted by Gasteiger charge is 2.23. The first-order valence-corrected chi connectivity index (χ1v) is 6.03. The van der Waals surface area contributed by atoms with Crippen molar-refractivity contribution in [3.8, 4) is 12.1 Å². The average Bonchev–Trinajstić information content (AvgIpc) is 2.74. The van der Waals surface area contributed by atoms with Gasteiger partial charge in [0, 0.05) is 4.88 Å². The van der Waals surface area contributed by atoms with Gasteiger partial charge in [0.25, 0.3) is 0 Å². The second-order valence-electron chi connectivity index (χ2n) is 3.82. The maximum absolute atomic E-state index is 11.8. The second kappa shape index (κ2) is 4.47. The number of carbonyl (C=O) groups is 1. The van der Waals surface area contributed by atoms with E-state index in [4.69, 9.17) is 10.5 Å². The van der Waals surface area contributed by atoms with Crippen LogP contribution in [-0.4, -0.2) is 5.78 Å². The number of rotatable bonds is 2. The van der Waals surface area contributed by atoms with E-state index in [-0.39, 0.29) is 5.78 Å². The summed E-state index contributed by atoms with van der Waals surface area (Å²) in [4.78, 5) is 13.6. The zero-order chi connectivity index (χ0) is 11.5. The molecule has 0 fully saturated rings. The number of carbonyl (C=O) groups excluding carboxylic acids is 1. The lowest BCUT2D eigenvalue weighted by molar-refractivity contribution is 0.0975. The van der Waals surface area contributed by atoms with Crippen LogP contribution in [0, 0.1) is 28.6 Å². The molecule has 3 nitrogen and oxygen atoms in total. The van der Waals surface area contributed by atoms with Gasteiger partial charge in [-0.15, -0.1) is 11.3 Å². The second-order valence-corrected chi connectivity index (χ2v) is 4.96. The monoisotopic (exact) mass is 230 g/mol. The minimum Gasteiger partial charge on any atom is -0.291 e. The fourth-order valence-electron chi connectivity index (χ4n) is 1.90. The number of aryl methyl sites for hydroxylation is 2. The van der Waals surface area contributed by atoms with Gasteiger partial charge in [-0.2, -0.15) is 10.5 Å². The molecule has 16 heavy (non-hydrogen) atoms. The number of fused-ring (bicyclic) bond motifs is 1. The lowest BCUT2D eigenvalue weighted by Gasteiger charge is -2.08. The van der Waals surface area contributed by atoms with Crippen LogP contribution in [0.4, 0.5) is 0 Å². The van der Waals surface area contributed by atoms with E-state index >= 15 is 0 Å². The Labute approximate surface area is 97.9 Å². The summed E-state index contributed by atoms with van der Waals surface area (Å²) < 4.78 is 0. The van der Waals surface area contributed by atoms with Gasteiger partial charge < -0.3 is 0 Å². The molecule has 0 spiro atoms. The Bertz CT molecular complexity index is 467. The molecule has 0 N–H and O–H groups in total. The molecule has 0 radical (unpaired) electrons. The summed E-state index contributed by atoms with van der Waals surface area (Å²) in [5.74, 6) is -1.50. The summed E-state index contributed by atoms with van der Waals surface area (Å²) in [5, 5.41) is 17.3. The van der Waals surface area contributed by atoms with Crippen molar-refractivity contribution in [1.29, 1.82) is 10.5 Å². The third-order valence-corrected chi connectivity index (χ3v) is 4.01. The molecule has 0 unspecified atom stereocenters. The molecule has 0 bridgehead atoms. The third kappa shape index (κ3) is 1.85. The number of thiophene rings is 1. The summed E-state index contributed by atoms with van der Waals surface area (Å²) in [7, 11) is 0. The maximum Gasteiger partial charge on any atom is 0.204 e. The molecular formula is C12H10N2OS. The predicted octanol–water partition coefficient (Wildman–Crippen LogP) is 2.47. The largest absolute Gasteiger partial charge is 0.291 e. The average molecular weight is 230 g/mol. The van der Waals surface area contributed by atoms with Crippen molar-refractivity contribution in [3.63, 3.8) is 0 Å². The fraction of sp³-hybridized carbons (Fsp3) is 0.417. The van der Waals surface area contributed by atoms with Gasteiger partial charge in [-0.25, -0.2) is 0 Å². The SMILES string of the molecule is N#CC(C#N)C(=O)c1cc2c(s1)CCCC2. The first-order valence-electron chi connectivity index (χ1n) is 5.21. The van der Waals surface area contributed by atoms with E-state index in [1.54, 1.807) is 12.1 Å². The molecule has 80 valence electrons. The Morgan fingerprint density at radius 1 is 1.31 bits per heavy atom. The van der Waals surface area contributed by atoms with Crippen molar-refractivity contribution in [1.82, 2.24) is 0 Å². The molecular weight excluding hydrogens is 220 g/mol. The molecule has 0 aromatic carbocycles. The van der Waals surface area contributed by atoms with E-state index < -0.39 is 5.92 Å². The molecule has 1 aliphatic carbocycles. The highest BCUT2D eigenvalue weighted by molar-refractivity contribution is 7.14. The van der Waals surface area contributed by atoms with Gasteiger partial charge in [-0.3, -0.25) is 4.79 Å². The Morgan fingerprint density at radius 3 is 2.62 bits per heavy atom. The molecule has 4 heteroatoms. The highest BCUT2D eigenvalue weighted by atomic mass is 32.1. The van der Waals surface area contributed by atoms with E-state index in [0.717, 1.165) is 19.3 Å². The van der Waals surface area contributed by atoms with Gasteiger partial charge in [-0.05, 0) is 37.3 Å². The van der Waals surface area contributed by atoms with Crippen LogP contribution in [0.5, 0.6) is 0 Å². The van der Waals surface area contributed by atoms with Gasteiger partial charge in [0.15, 0.2) is 5.92 Å². The minimum absolute atomic E-state index is 0.343. The molecule has 1 aromatic heterocycles. The van der Waals surface area contributed by atoms with Crippen molar-refractivity contribution in [2.24, 2.45) is 5.92 Å². The third-order valence-electron chi connectivity index (χ3n) is 2.76.